The number of rotatable bonds is 0. The Morgan fingerprint density at radius 3 is 2.43 bits per heavy atom. The topological polar surface area (TPSA) is 23.8 Å². The maximum absolute atomic E-state index is 9.35. The largest absolute Gasteiger partial charge is 0.192 e. The number of nitriles is 1. The van der Waals surface area contributed by atoms with Gasteiger partial charge in [0.1, 0.15) is 0 Å². The van der Waals surface area contributed by atoms with Crippen LogP contribution in [0.15, 0.2) is 60.7 Å². The summed E-state index contributed by atoms with van der Waals surface area (Å²) in [4.78, 5) is 0. The molecule has 21 heavy (non-hydrogen) atoms. The summed E-state index contributed by atoms with van der Waals surface area (Å²) in [7, 11) is 0. The van der Waals surface area contributed by atoms with Crippen LogP contribution in [0.2, 0.25) is 0 Å². The average Bonchev–Trinajstić information content (AvgIpc) is 2.54. The first-order valence-corrected chi connectivity index (χ1v) is 7.03. The summed E-state index contributed by atoms with van der Waals surface area (Å²) in [5, 5.41) is 16.6. The van der Waals surface area contributed by atoms with Gasteiger partial charge in [-0.3, -0.25) is 0 Å². The van der Waals surface area contributed by atoms with Crippen LogP contribution in [0.3, 0.4) is 0 Å². The number of hydrogen-bond donors (Lipinski definition) is 0. The van der Waals surface area contributed by atoms with E-state index in [1.165, 1.54) is 27.1 Å². The van der Waals surface area contributed by atoms with E-state index >= 15 is 0 Å². The number of aryl methyl sites for hydroxylation is 1. The lowest BCUT2D eigenvalue weighted by Crippen LogP contribution is -1.88. The Kier molecular flexibility index (Phi) is 2.46. The lowest BCUT2D eigenvalue weighted by molar-refractivity contribution is 1.49. The highest BCUT2D eigenvalue weighted by Crippen LogP contribution is 2.34. The zero-order valence-corrected chi connectivity index (χ0v) is 11.7. The predicted molar refractivity (Wildman–Crippen MR) is 88.4 cm³/mol. The van der Waals surface area contributed by atoms with Crippen molar-refractivity contribution in [3.63, 3.8) is 0 Å². The molecule has 0 heterocycles. The minimum atomic E-state index is 0.750. The van der Waals surface area contributed by atoms with Gasteiger partial charge in [0.25, 0.3) is 0 Å². The zero-order valence-electron chi connectivity index (χ0n) is 11.7. The molecule has 4 rings (SSSR count). The van der Waals surface area contributed by atoms with E-state index in [-0.39, 0.29) is 0 Å². The molecule has 0 aromatic heterocycles. The second-order valence-corrected chi connectivity index (χ2v) is 5.40. The number of nitrogens with zero attached hydrogens (tertiary/aromatic N) is 1. The van der Waals surface area contributed by atoms with E-state index in [9.17, 15) is 5.26 Å². The Bertz CT molecular complexity index is 1050. The van der Waals surface area contributed by atoms with Crippen molar-refractivity contribution in [2.45, 2.75) is 6.92 Å². The van der Waals surface area contributed by atoms with Crippen molar-refractivity contribution < 1.29 is 0 Å². The van der Waals surface area contributed by atoms with Crippen molar-refractivity contribution in [2.24, 2.45) is 0 Å². The fourth-order valence-electron chi connectivity index (χ4n) is 3.27. The molecule has 0 aliphatic carbocycles. The fraction of sp³-hybridized carbons (Fsp3) is 0.0500. The van der Waals surface area contributed by atoms with Crippen molar-refractivity contribution >= 4 is 32.3 Å². The molecular formula is C20H13N. The summed E-state index contributed by atoms with van der Waals surface area (Å²) in [6.07, 6.45) is 0. The van der Waals surface area contributed by atoms with E-state index in [1.807, 2.05) is 12.1 Å². The molecule has 0 saturated heterocycles. The monoisotopic (exact) mass is 267 g/mol. The van der Waals surface area contributed by atoms with Gasteiger partial charge < -0.3 is 0 Å². The normalized spacial score (nSPS) is 11.0. The maximum Gasteiger partial charge on any atom is 0.0998 e. The Morgan fingerprint density at radius 1 is 0.762 bits per heavy atom. The molecule has 0 saturated carbocycles. The van der Waals surface area contributed by atoms with Crippen LogP contribution >= 0.6 is 0 Å². The molecule has 0 atom stereocenters. The molecule has 0 radical (unpaired) electrons. The van der Waals surface area contributed by atoms with Gasteiger partial charge in [0, 0.05) is 5.39 Å². The van der Waals surface area contributed by atoms with Crippen molar-refractivity contribution in [3.05, 3.63) is 71.8 Å². The van der Waals surface area contributed by atoms with Gasteiger partial charge in [-0.2, -0.15) is 5.26 Å². The number of fused-ring (bicyclic) bond motifs is 4. The molecule has 0 fully saturated rings. The summed E-state index contributed by atoms with van der Waals surface area (Å²) >= 11 is 0. The first-order valence-electron chi connectivity index (χ1n) is 7.03. The third-order valence-corrected chi connectivity index (χ3v) is 4.27. The lowest BCUT2D eigenvalue weighted by atomic mass is 9.92. The molecule has 0 N–H and O–H groups in total. The molecule has 4 aromatic rings. The van der Waals surface area contributed by atoms with Crippen molar-refractivity contribution in [1.82, 2.24) is 0 Å². The first kappa shape index (κ1) is 11.9. The molecule has 0 aliphatic heterocycles. The first-order chi connectivity index (χ1) is 10.3. The Balaban J connectivity index is 2.31. The van der Waals surface area contributed by atoms with Crippen LogP contribution < -0.4 is 0 Å². The van der Waals surface area contributed by atoms with Crippen LogP contribution in [-0.2, 0) is 0 Å². The minimum Gasteiger partial charge on any atom is -0.192 e. The summed E-state index contributed by atoms with van der Waals surface area (Å²) in [5.74, 6) is 0. The predicted octanol–water partition coefficient (Wildman–Crippen LogP) is 5.33. The molecular weight excluding hydrogens is 254 g/mol. The Morgan fingerprint density at radius 2 is 1.57 bits per heavy atom. The van der Waals surface area contributed by atoms with Crippen molar-refractivity contribution in [3.8, 4) is 6.07 Å². The fourth-order valence-corrected chi connectivity index (χ4v) is 3.27. The van der Waals surface area contributed by atoms with Gasteiger partial charge in [0.2, 0.25) is 0 Å². The van der Waals surface area contributed by atoms with E-state index in [4.69, 9.17) is 0 Å². The summed E-state index contributed by atoms with van der Waals surface area (Å²) in [6.45, 7) is 2.11. The Labute approximate surface area is 123 Å². The van der Waals surface area contributed by atoms with Gasteiger partial charge in [-0.25, -0.2) is 0 Å². The second-order valence-electron chi connectivity index (χ2n) is 5.40. The van der Waals surface area contributed by atoms with Crippen LogP contribution in [0.4, 0.5) is 0 Å². The molecule has 98 valence electrons. The molecule has 0 unspecified atom stereocenters. The Hall–Kier alpha value is -2.85. The van der Waals surface area contributed by atoms with Gasteiger partial charge >= 0.3 is 0 Å². The summed E-state index contributed by atoms with van der Waals surface area (Å²) < 4.78 is 0. The summed E-state index contributed by atoms with van der Waals surface area (Å²) in [5.41, 5.74) is 1.94. The van der Waals surface area contributed by atoms with E-state index in [0.717, 1.165) is 16.3 Å². The lowest BCUT2D eigenvalue weighted by Gasteiger charge is -2.11. The molecule has 0 aliphatic rings. The molecule has 4 aromatic carbocycles. The maximum atomic E-state index is 9.35. The standard InChI is InChI=1S/C20H13N/c1-13-17-10-9-14-5-2-3-8-18(14)19(17)11-15-6-4-7-16(12-21)20(13)15/h2-11H,1H3. The van der Waals surface area contributed by atoms with Gasteiger partial charge in [0.15, 0.2) is 0 Å². The van der Waals surface area contributed by atoms with Crippen molar-refractivity contribution in [1.29, 1.82) is 5.26 Å². The highest BCUT2D eigenvalue weighted by Gasteiger charge is 2.09. The zero-order chi connectivity index (χ0) is 14.4. The van der Waals surface area contributed by atoms with Gasteiger partial charge in [-0.15, -0.1) is 0 Å². The highest BCUT2D eigenvalue weighted by molar-refractivity contribution is 6.14. The highest BCUT2D eigenvalue weighted by atomic mass is 14.2. The minimum absolute atomic E-state index is 0.750. The van der Waals surface area contributed by atoms with Crippen LogP contribution in [0.1, 0.15) is 11.1 Å². The van der Waals surface area contributed by atoms with Crippen LogP contribution in [0, 0.1) is 18.3 Å². The molecule has 0 bridgehead atoms. The molecule has 1 nitrogen and oxygen atoms in total. The number of hydrogen-bond acceptors (Lipinski definition) is 1. The van der Waals surface area contributed by atoms with E-state index in [0.29, 0.717) is 0 Å². The van der Waals surface area contributed by atoms with E-state index in [1.54, 1.807) is 0 Å². The van der Waals surface area contributed by atoms with Crippen LogP contribution in [-0.4, -0.2) is 0 Å². The van der Waals surface area contributed by atoms with Crippen LogP contribution in [0.5, 0.6) is 0 Å². The van der Waals surface area contributed by atoms with Gasteiger partial charge in [-0.1, -0.05) is 48.5 Å². The van der Waals surface area contributed by atoms with Gasteiger partial charge in [-0.05, 0) is 51.6 Å². The van der Waals surface area contributed by atoms with Gasteiger partial charge in [0.05, 0.1) is 11.6 Å². The number of benzene rings is 4. The molecule has 1 heteroatoms. The van der Waals surface area contributed by atoms with Crippen LogP contribution in [0.25, 0.3) is 32.3 Å². The smallest absolute Gasteiger partial charge is 0.0998 e. The van der Waals surface area contributed by atoms with E-state index in [2.05, 4.69) is 61.5 Å². The van der Waals surface area contributed by atoms with E-state index < -0.39 is 0 Å². The summed E-state index contributed by atoms with van der Waals surface area (Å²) in [6, 6.07) is 23.2. The quantitative estimate of drug-likeness (QED) is 0.312. The third kappa shape index (κ3) is 1.63. The molecule has 0 amide bonds. The second kappa shape index (κ2) is 4.33. The third-order valence-electron chi connectivity index (χ3n) is 4.27. The SMILES string of the molecule is Cc1c2ccc3ccccc3c2cc2cccc(C#N)c12. The van der Waals surface area contributed by atoms with Crippen molar-refractivity contribution in [2.75, 3.05) is 0 Å². The average molecular weight is 267 g/mol. The molecule has 0 spiro atoms.